The molecule has 1 heterocycles. The van der Waals surface area contributed by atoms with E-state index >= 15 is 0 Å². The molecule has 1 aliphatic carbocycles. The second kappa shape index (κ2) is 5.93. The molecule has 1 saturated heterocycles. The van der Waals surface area contributed by atoms with E-state index in [4.69, 9.17) is 4.74 Å². The minimum absolute atomic E-state index is 0.598. The third kappa shape index (κ3) is 3.28. The second-order valence-electron chi connectivity index (χ2n) is 5.75. The number of hydrogen-bond donors (Lipinski definition) is 1. The van der Waals surface area contributed by atoms with Gasteiger partial charge in [0.25, 0.3) is 0 Å². The van der Waals surface area contributed by atoms with Crippen molar-refractivity contribution in [2.24, 2.45) is 5.92 Å². The van der Waals surface area contributed by atoms with Crippen LogP contribution in [0.5, 0.6) is 5.75 Å². The molecule has 1 saturated carbocycles. The molecule has 19 heavy (non-hydrogen) atoms. The van der Waals surface area contributed by atoms with Crippen LogP contribution in [-0.4, -0.2) is 38.2 Å². The van der Waals surface area contributed by atoms with Crippen molar-refractivity contribution in [2.45, 2.75) is 25.3 Å². The predicted octanol–water partition coefficient (Wildman–Crippen LogP) is 2.44. The molecule has 0 bridgehead atoms. The van der Waals surface area contributed by atoms with Gasteiger partial charge >= 0.3 is 0 Å². The van der Waals surface area contributed by atoms with Crippen LogP contribution < -0.4 is 10.1 Å². The SMILES string of the molecule is COc1ccc([C@H](CC2CC2)N2CCNCC2)cc1. The Morgan fingerprint density at radius 1 is 1.21 bits per heavy atom. The summed E-state index contributed by atoms with van der Waals surface area (Å²) < 4.78 is 5.26. The van der Waals surface area contributed by atoms with Gasteiger partial charge in [0.2, 0.25) is 0 Å². The lowest BCUT2D eigenvalue weighted by molar-refractivity contribution is 0.160. The summed E-state index contributed by atoms with van der Waals surface area (Å²) in [5.41, 5.74) is 1.45. The van der Waals surface area contributed by atoms with E-state index in [0.717, 1.165) is 24.8 Å². The van der Waals surface area contributed by atoms with Crippen LogP contribution in [0.3, 0.4) is 0 Å². The Hall–Kier alpha value is -1.06. The molecule has 3 heteroatoms. The molecular weight excluding hydrogens is 236 g/mol. The first-order valence-corrected chi connectivity index (χ1v) is 7.45. The Bertz CT molecular complexity index is 394. The van der Waals surface area contributed by atoms with E-state index in [-0.39, 0.29) is 0 Å². The number of rotatable bonds is 5. The monoisotopic (exact) mass is 260 g/mol. The standard InChI is InChI=1S/C16H24N2O/c1-19-15-6-4-14(5-7-15)16(12-13-2-3-13)18-10-8-17-9-11-18/h4-7,13,16-17H,2-3,8-12H2,1H3/t16-/m0/s1. The summed E-state index contributed by atoms with van der Waals surface area (Å²) in [5, 5.41) is 3.45. The van der Waals surface area contributed by atoms with Crippen molar-refractivity contribution in [3.05, 3.63) is 29.8 Å². The van der Waals surface area contributed by atoms with Gasteiger partial charge in [0.05, 0.1) is 7.11 Å². The Kier molecular flexibility index (Phi) is 4.04. The minimum atomic E-state index is 0.598. The van der Waals surface area contributed by atoms with Crippen LogP contribution in [0.15, 0.2) is 24.3 Å². The highest BCUT2D eigenvalue weighted by atomic mass is 16.5. The van der Waals surface area contributed by atoms with Crippen molar-refractivity contribution in [1.82, 2.24) is 10.2 Å². The third-order valence-corrected chi connectivity index (χ3v) is 4.35. The summed E-state index contributed by atoms with van der Waals surface area (Å²) in [6.45, 7) is 4.58. The molecule has 104 valence electrons. The summed E-state index contributed by atoms with van der Waals surface area (Å²) >= 11 is 0. The van der Waals surface area contributed by atoms with Gasteiger partial charge in [0.15, 0.2) is 0 Å². The van der Waals surface area contributed by atoms with E-state index in [2.05, 4.69) is 34.5 Å². The Balaban J connectivity index is 1.75. The summed E-state index contributed by atoms with van der Waals surface area (Å²) in [6, 6.07) is 9.27. The van der Waals surface area contributed by atoms with Gasteiger partial charge in [-0.25, -0.2) is 0 Å². The lowest BCUT2D eigenvalue weighted by Crippen LogP contribution is -2.45. The molecule has 0 spiro atoms. The quantitative estimate of drug-likeness (QED) is 0.880. The molecule has 0 unspecified atom stereocenters. The molecule has 2 aliphatic rings. The topological polar surface area (TPSA) is 24.5 Å². The van der Waals surface area contributed by atoms with Gasteiger partial charge in [-0.05, 0) is 30.0 Å². The number of piperazine rings is 1. The van der Waals surface area contributed by atoms with Crippen molar-refractivity contribution in [3.8, 4) is 5.75 Å². The van der Waals surface area contributed by atoms with Gasteiger partial charge in [0, 0.05) is 32.2 Å². The van der Waals surface area contributed by atoms with Crippen LogP contribution in [-0.2, 0) is 0 Å². The summed E-state index contributed by atoms with van der Waals surface area (Å²) in [6.07, 6.45) is 4.18. The highest BCUT2D eigenvalue weighted by Gasteiger charge is 2.30. The van der Waals surface area contributed by atoms with Gasteiger partial charge in [-0.3, -0.25) is 4.90 Å². The van der Waals surface area contributed by atoms with Crippen LogP contribution in [0.4, 0.5) is 0 Å². The minimum Gasteiger partial charge on any atom is -0.497 e. The number of methoxy groups -OCH3 is 1. The molecule has 1 atom stereocenters. The van der Waals surface area contributed by atoms with Crippen molar-refractivity contribution in [2.75, 3.05) is 33.3 Å². The van der Waals surface area contributed by atoms with Crippen LogP contribution in [0.2, 0.25) is 0 Å². The molecule has 2 fully saturated rings. The molecule has 3 rings (SSSR count). The van der Waals surface area contributed by atoms with Crippen molar-refractivity contribution < 1.29 is 4.74 Å². The van der Waals surface area contributed by atoms with Crippen molar-refractivity contribution in [1.29, 1.82) is 0 Å². The predicted molar refractivity (Wildman–Crippen MR) is 77.5 cm³/mol. The lowest BCUT2D eigenvalue weighted by atomic mass is 9.98. The van der Waals surface area contributed by atoms with E-state index < -0.39 is 0 Å². The van der Waals surface area contributed by atoms with Gasteiger partial charge in [0.1, 0.15) is 5.75 Å². The molecule has 0 amide bonds. The normalized spacial score (nSPS) is 22.2. The number of nitrogens with zero attached hydrogens (tertiary/aromatic N) is 1. The van der Waals surface area contributed by atoms with Gasteiger partial charge < -0.3 is 10.1 Å². The molecule has 1 N–H and O–H groups in total. The maximum absolute atomic E-state index is 5.26. The summed E-state index contributed by atoms with van der Waals surface area (Å²) in [7, 11) is 1.73. The molecular formula is C16H24N2O. The van der Waals surface area contributed by atoms with Crippen LogP contribution in [0, 0.1) is 5.92 Å². The van der Waals surface area contributed by atoms with Crippen molar-refractivity contribution >= 4 is 0 Å². The van der Waals surface area contributed by atoms with Crippen LogP contribution >= 0.6 is 0 Å². The Morgan fingerprint density at radius 3 is 2.47 bits per heavy atom. The summed E-state index contributed by atoms with van der Waals surface area (Å²) in [5.74, 6) is 1.91. The smallest absolute Gasteiger partial charge is 0.118 e. The highest BCUT2D eigenvalue weighted by molar-refractivity contribution is 5.29. The molecule has 1 aliphatic heterocycles. The van der Waals surface area contributed by atoms with E-state index in [0.29, 0.717) is 6.04 Å². The van der Waals surface area contributed by atoms with Gasteiger partial charge in [-0.1, -0.05) is 25.0 Å². The van der Waals surface area contributed by atoms with Gasteiger partial charge in [-0.15, -0.1) is 0 Å². The maximum Gasteiger partial charge on any atom is 0.118 e. The summed E-state index contributed by atoms with van der Waals surface area (Å²) in [4.78, 5) is 2.65. The largest absolute Gasteiger partial charge is 0.497 e. The van der Waals surface area contributed by atoms with E-state index in [1.54, 1.807) is 7.11 Å². The fraction of sp³-hybridized carbons (Fsp3) is 0.625. The number of ether oxygens (including phenoxy) is 1. The lowest BCUT2D eigenvalue weighted by Gasteiger charge is -2.35. The molecule has 1 aromatic carbocycles. The Morgan fingerprint density at radius 2 is 1.89 bits per heavy atom. The van der Waals surface area contributed by atoms with Crippen LogP contribution in [0.25, 0.3) is 0 Å². The molecule has 1 aromatic rings. The first-order chi connectivity index (χ1) is 9.36. The van der Waals surface area contributed by atoms with Crippen LogP contribution in [0.1, 0.15) is 30.9 Å². The number of nitrogens with one attached hydrogen (secondary N) is 1. The second-order valence-corrected chi connectivity index (χ2v) is 5.75. The zero-order chi connectivity index (χ0) is 13.1. The number of benzene rings is 1. The third-order valence-electron chi connectivity index (χ3n) is 4.35. The number of hydrogen-bond acceptors (Lipinski definition) is 3. The average molecular weight is 260 g/mol. The molecule has 0 aromatic heterocycles. The molecule has 3 nitrogen and oxygen atoms in total. The fourth-order valence-corrected chi connectivity index (χ4v) is 2.99. The van der Waals surface area contributed by atoms with Crippen molar-refractivity contribution in [3.63, 3.8) is 0 Å². The van der Waals surface area contributed by atoms with Gasteiger partial charge in [-0.2, -0.15) is 0 Å². The molecule has 0 radical (unpaired) electrons. The fourth-order valence-electron chi connectivity index (χ4n) is 2.99. The first-order valence-electron chi connectivity index (χ1n) is 7.45. The highest BCUT2D eigenvalue weighted by Crippen LogP contribution is 2.40. The first kappa shape index (κ1) is 12.9. The van der Waals surface area contributed by atoms with E-state index in [9.17, 15) is 0 Å². The van der Waals surface area contributed by atoms with E-state index in [1.807, 2.05) is 0 Å². The Labute approximate surface area is 115 Å². The maximum atomic E-state index is 5.26. The zero-order valence-electron chi connectivity index (χ0n) is 11.8. The van der Waals surface area contributed by atoms with E-state index in [1.165, 1.54) is 37.9 Å². The zero-order valence-corrected chi connectivity index (χ0v) is 11.8. The average Bonchev–Trinajstić information content (AvgIpc) is 3.30.